The molecule has 0 amide bonds. The second kappa shape index (κ2) is 7.58. The van der Waals surface area contributed by atoms with Gasteiger partial charge in [0, 0.05) is 59.9 Å². The first-order valence-electron chi connectivity index (χ1n) is 10.8. The minimum absolute atomic E-state index is 0.259. The van der Waals surface area contributed by atoms with E-state index < -0.39 is 6.10 Å². The van der Waals surface area contributed by atoms with Crippen LogP contribution in [-0.2, 0) is 19.4 Å². The molecule has 2 N–H and O–H groups in total. The number of ether oxygens (including phenoxy) is 1. The summed E-state index contributed by atoms with van der Waals surface area (Å²) in [5.74, 6) is 1.53. The van der Waals surface area contributed by atoms with E-state index in [0.717, 1.165) is 59.1 Å². The number of aromatic nitrogens is 4. The summed E-state index contributed by atoms with van der Waals surface area (Å²) in [5.41, 5.74) is 5.98. The SMILES string of the molecule is CCC(O)c1cc2nccc(-c3cc(Cl)cc4c3OC(c3onc5c3CNCC5)C4)n2n1. The van der Waals surface area contributed by atoms with E-state index in [4.69, 9.17) is 20.9 Å². The first-order valence-corrected chi connectivity index (χ1v) is 11.2. The van der Waals surface area contributed by atoms with Gasteiger partial charge in [-0.15, -0.1) is 0 Å². The maximum atomic E-state index is 10.3. The molecule has 6 rings (SSSR count). The number of benzene rings is 1. The van der Waals surface area contributed by atoms with Crippen LogP contribution in [0.1, 0.15) is 53.8 Å². The normalized spacial score (nSPS) is 18.4. The highest BCUT2D eigenvalue weighted by molar-refractivity contribution is 6.31. The van der Waals surface area contributed by atoms with Crippen molar-refractivity contribution in [3.63, 3.8) is 0 Å². The molecule has 0 spiro atoms. The van der Waals surface area contributed by atoms with Gasteiger partial charge < -0.3 is 19.7 Å². The summed E-state index contributed by atoms with van der Waals surface area (Å²) in [5, 5.41) is 23.1. The lowest BCUT2D eigenvalue weighted by Crippen LogP contribution is -2.24. The van der Waals surface area contributed by atoms with Gasteiger partial charge in [-0.2, -0.15) is 5.10 Å². The average Bonchev–Trinajstić information content (AvgIpc) is 3.53. The molecule has 32 heavy (non-hydrogen) atoms. The quantitative estimate of drug-likeness (QED) is 0.487. The Bertz CT molecular complexity index is 1330. The Morgan fingerprint density at radius 3 is 3.12 bits per heavy atom. The van der Waals surface area contributed by atoms with Gasteiger partial charge in [-0.1, -0.05) is 23.7 Å². The summed E-state index contributed by atoms with van der Waals surface area (Å²) < 4.78 is 13.9. The Morgan fingerprint density at radius 1 is 1.34 bits per heavy atom. The highest BCUT2D eigenvalue weighted by atomic mass is 35.5. The van der Waals surface area contributed by atoms with Gasteiger partial charge in [0.1, 0.15) is 5.75 Å². The molecule has 8 nitrogen and oxygen atoms in total. The predicted molar refractivity (Wildman–Crippen MR) is 118 cm³/mol. The predicted octanol–water partition coefficient (Wildman–Crippen LogP) is 3.80. The molecule has 2 atom stereocenters. The van der Waals surface area contributed by atoms with Crippen LogP contribution >= 0.6 is 11.6 Å². The molecule has 2 aliphatic heterocycles. The van der Waals surface area contributed by atoms with Crippen molar-refractivity contribution >= 4 is 17.2 Å². The van der Waals surface area contributed by atoms with Crippen molar-refractivity contribution in [2.75, 3.05) is 6.54 Å². The van der Waals surface area contributed by atoms with Gasteiger partial charge in [-0.3, -0.25) is 0 Å². The standard InChI is InChI=1S/C23H22ClN5O3/c1-2-19(30)17-10-21-26-6-4-18(29(21)27-17)14-9-13(24)7-12-8-20(31-22(12)14)23-15-11-25-5-3-16(15)28-32-23/h4,6-7,9-10,19-20,25,30H,2-3,5,8,11H2,1H3. The third-order valence-corrected chi connectivity index (χ3v) is 6.43. The molecule has 1 aromatic carbocycles. The zero-order valence-electron chi connectivity index (χ0n) is 17.5. The molecule has 5 heterocycles. The molecule has 0 aliphatic carbocycles. The number of nitrogens with zero attached hydrogens (tertiary/aromatic N) is 4. The molecule has 0 saturated heterocycles. The maximum Gasteiger partial charge on any atom is 0.182 e. The van der Waals surface area contributed by atoms with Gasteiger partial charge in [-0.25, -0.2) is 9.50 Å². The van der Waals surface area contributed by atoms with Gasteiger partial charge in [0.2, 0.25) is 0 Å². The van der Waals surface area contributed by atoms with Crippen LogP contribution in [0.5, 0.6) is 5.75 Å². The summed E-state index contributed by atoms with van der Waals surface area (Å²) >= 11 is 6.51. The Hall–Kier alpha value is -2.94. The zero-order valence-corrected chi connectivity index (χ0v) is 18.3. The van der Waals surface area contributed by atoms with Crippen molar-refractivity contribution in [1.82, 2.24) is 25.1 Å². The van der Waals surface area contributed by atoms with E-state index in [1.807, 2.05) is 25.1 Å². The molecule has 3 aromatic heterocycles. The van der Waals surface area contributed by atoms with Crippen molar-refractivity contribution in [3.05, 3.63) is 63.8 Å². The Kier molecular flexibility index (Phi) is 4.67. The molecule has 0 radical (unpaired) electrons. The summed E-state index contributed by atoms with van der Waals surface area (Å²) in [4.78, 5) is 4.41. The summed E-state index contributed by atoms with van der Waals surface area (Å²) in [6.07, 6.45) is 2.92. The fraction of sp³-hybridized carbons (Fsp3) is 0.348. The fourth-order valence-corrected chi connectivity index (χ4v) is 4.81. The molecule has 4 aromatic rings. The number of aliphatic hydroxyl groups is 1. The summed E-state index contributed by atoms with van der Waals surface area (Å²) in [6, 6.07) is 7.51. The van der Waals surface area contributed by atoms with Gasteiger partial charge in [0.05, 0.1) is 23.2 Å². The fourth-order valence-electron chi connectivity index (χ4n) is 4.57. The van der Waals surface area contributed by atoms with Crippen molar-refractivity contribution in [3.8, 4) is 17.0 Å². The number of halogens is 1. The summed E-state index contributed by atoms with van der Waals surface area (Å²) in [7, 11) is 0. The smallest absolute Gasteiger partial charge is 0.182 e. The van der Waals surface area contributed by atoms with Gasteiger partial charge in [0.25, 0.3) is 0 Å². The van der Waals surface area contributed by atoms with Gasteiger partial charge in [0.15, 0.2) is 17.5 Å². The second-order valence-electron chi connectivity index (χ2n) is 8.24. The monoisotopic (exact) mass is 451 g/mol. The van der Waals surface area contributed by atoms with Crippen LogP contribution in [0, 0.1) is 0 Å². The van der Waals surface area contributed by atoms with Crippen molar-refractivity contribution in [2.24, 2.45) is 0 Å². The van der Waals surface area contributed by atoms with Gasteiger partial charge in [-0.05, 0) is 24.6 Å². The maximum absolute atomic E-state index is 10.3. The highest BCUT2D eigenvalue weighted by Crippen LogP contribution is 2.46. The molecule has 9 heteroatoms. The van der Waals surface area contributed by atoms with Crippen LogP contribution < -0.4 is 10.1 Å². The van der Waals surface area contributed by atoms with Crippen LogP contribution in [0.15, 0.2) is 35.0 Å². The van der Waals surface area contributed by atoms with Crippen LogP contribution in [0.2, 0.25) is 5.02 Å². The van der Waals surface area contributed by atoms with E-state index in [0.29, 0.717) is 29.2 Å². The zero-order chi connectivity index (χ0) is 21.8. The Balaban J connectivity index is 1.44. The lowest BCUT2D eigenvalue weighted by Gasteiger charge is -2.15. The lowest BCUT2D eigenvalue weighted by atomic mass is 10.0. The Morgan fingerprint density at radius 2 is 2.25 bits per heavy atom. The molecular formula is C23H22ClN5O3. The van der Waals surface area contributed by atoms with Crippen LogP contribution in [0.25, 0.3) is 16.9 Å². The average molecular weight is 452 g/mol. The number of nitrogens with one attached hydrogen (secondary N) is 1. The first kappa shape index (κ1) is 19.7. The molecular weight excluding hydrogens is 430 g/mol. The van der Waals surface area contributed by atoms with E-state index in [1.165, 1.54) is 0 Å². The molecule has 0 saturated carbocycles. The van der Waals surface area contributed by atoms with E-state index in [1.54, 1.807) is 16.8 Å². The largest absolute Gasteiger partial charge is 0.481 e. The van der Waals surface area contributed by atoms with Crippen LogP contribution in [-0.4, -0.2) is 31.4 Å². The minimum atomic E-state index is -0.638. The van der Waals surface area contributed by atoms with Crippen LogP contribution in [0.4, 0.5) is 0 Å². The van der Waals surface area contributed by atoms with Crippen molar-refractivity contribution in [2.45, 2.75) is 44.9 Å². The number of aliphatic hydroxyl groups excluding tert-OH is 1. The molecule has 2 aliphatic rings. The van der Waals surface area contributed by atoms with Crippen LogP contribution in [0.3, 0.4) is 0 Å². The molecule has 2 unspecified atom stereocenters. The first-order chi connectivity index (χ1) is 15.6. The third kappa shape index (κ3) is 3.09. The van der Waals surface area contributed by atoms with E-state index >= 15 is 0 Å². The third-order valence-electron chi connectivity index (χ3n) is 6.21. The number of hydrogen-bond donors (Lipinski definition) is 2. The van der Waals surface area contributed by atoms with E-state index in [2.05, 4.69) is 20.6 Å². The summed E-state index contributed by atoms with van der Waals surface area (Å²) in [6.45, 7) is 3.55. The van der Waals surface area contributed by atoms with E-state index in [9.17, 15) is 5.11 Å². The topological polar surface area (TPSA) is 97.7 Å². The van der Waals surface area contributed by atoms with Crippen molar-refractivity contribution < 1.29 is 14.4 Å². The Labute approximate surface area is 189 Å². The molecule has 0 bridgehead atoms. The lowest BCUT2D eigenvalue weighted by molar-refractivity contribution is 0.168. The highest BCUT2D eigenvalue weighted by Gasteiger charge is 2.34. The minimum Gasteiger partial charge on any atom is -0.481 e. The van der Waals surface area contributed by atoms with Gasteiger partial charge >= 0.3 is 0 Å². The van der Waals surface area contributed by atoms with Crippen molar-refractivity contribution in [1.29, 1.82) is 0 Å². The number of rotatable bonds is 4. The number of fused-ring (bicyclic) bond motifs is 3. The molecule has 164 valence electrons. The molecule has 0 fully saturated rings. The van der Waals surface area contributed by atoms with E-state index in [-0.39, 0.29) is 6.10 Å². The number of hydrogen-bond acceptors (Lipinski definition) is 7. The second-order valence-corrected chi connectivity index (χ2v) is 8.68.